The Hall–Kier alpha value is -2.06. The molecule has 0 unspecified atom stereocenters. The van der Waals surface area contributed by atoms with Gasteiger partial charge in [0.15, 0.2) is 17.1 Å². The van der Waals surface area contributed by atoms with Crippen LogP contribution < -0.4 is 0 Å². The fraction of sp³-hybridized carbons (Fsp3) is 0.167. The summed E-state index contributed by atoms with van der Waals surface area (Å²) in [7, 11) is 0. The van der Waals surface area contributed by atoms with Gasteiger partial charge in [0.25, 0.3) is 0 Å². The average Bonchev–Trinajstić information content (AvgIpc) is 2.93. The van der Waals surface area contributed by atoms with Gasteiger partial charge in [0.05, 0.1) is 5.02 Å². The number of hydrogen-bond donors (Lipinski definition) is 0. The van der Waals surface area contributed by atoms with Crippen LogP contribution in [0.3, 0.4) is 0 Å². The Kier molecular flexibility index (Phi) is 3.80. The molecule has 1 aromatic heterocycles. The molecular formula is C18H15ClO2. The molecule has 0 amide bonds. The highest BCUT2D eigenvalue weighted by Gasteiger charge is 2.14. The van der Waals surface area contributed by atoms with Gasteiger partial charge in [-0.2, -0.15) is 0 Å². The molecule has 1 heterocycles. The summed E-state index contributed by atoms with van der Waals surface area (Å²) >= 11 is 6.30. The molecule has 2 aromatic carbocycles. The van der Waals surface area contributed by atoms with Crippen LogP contribution in [-0.4, -0.2) is 5.78 Å². The highest BCUT2D eigenvalue weighted by Crippen LogP contribution is 2.33. The van der Waals surface area contributed by atoms with Gasteiger partial charge in [-0.1, -0.05) is 48.9 Å². The summed E-state index contributed by atoms with van der Waals surface area (Å²) in [6.45, 7) is 1.97. The smallest absolute Gasteiger partial charge is 0.198 e. The van der Waals surface area contributed by atoms with Crippen LogP contribution in [0, 0.1) is 0 Å². The van der Waals surface area contributed by atoms with E-state index in [9.17, 15) is 4.79 Å². The number of Topliss-reactive ketones (excluding diaryl/α,β-unsaturated/α-hetero) is 1. The predicted octanol–water partition coefficient (Wildman–Crippen LogP) is 5.74. The van der Waals surface area contributed by atoms with Gasteiger partial charge >= 0.3 is 0 Å². The first-order chi connectivity index (χ1) is 10.2. The highest BCUT2D eigenvalue weighted by molar-refractivity contribution is 6.35. The van der Waals surface area contributed by atoms with E-state index >= 15 is 0 Å². The van der Waals surface area contributed by atoms with E-state index in [1.807, 2.05) is 49.4 Å². The van der Waals surface area contributed by atoms with Gasteiger partial charge in [-0.3, -0.25) is 4.79 Å². The predicted molar refractivity (Wildman–Crippen MR) is 85.9 cm³/mol. The molecular weight excluding hydrogens is 284 g/mol. The minimum atomic E-state index is 0.0195. The van der Waals surface area contributed by atoms with E-state index in [0.717, 1.165) is 22.9 Å². The maximum Gasteiger partial charge on any atom is 0.198 e. The molecule has 0 fully saturated rings. The van der Waals surface area contributed by atoms with Crippen molar-refractivity contribution >= 4 is 28.4 Å². The minimum absolute atomic E-state index is 0.0195. The van der Waals surface area contributed by atoms with Crippen molar-refractivity contribution in [2.24, 2.45) is 0 Å². The molecule has 106 valence electrons. The SMILES string of the molecule is CCCC(=O)c1cc2cc(-c3ccccc3)cc(Cl)c2o1. The van der Waals surface area contributed by atoms with Crippen molar-refractivity contribution in [2.75, 3.05) is 0 Å². The third kappa shape index (κ3) is 2.72. The van der Waals surface area contributed by atoms with Crippen LogP contribution in [0.2, 0.25) is 5.02 Å². The molecule has 0 aliphatic heterocycles. The number of ketones is 1. The first kappa shape index (κ1) is 13.9. The van der Waals surface area contributed by atoms with Gasteiger partial charge < -0.3 is 4.42 Å². The number of halogens is 1. The molecule has 3 aromatic rings. The third-order valence-electron chi connectivity index (χ3n) is 3.43. The summed E-state index contributed by atoms with van der Waals surface area (Å²) in [6.07, 6.45) is 1.29. The second-order valence-corrected chi connectivity index (χ2v) is 5.43. The molecule has 0 aliphatic rings. The summed E-state index contributed by atoms with van der Waals surface area (Å²) in [6, 6.07) is 15.7. The normalized spacial score (nSPS) is 11.0. The number of furan rings is 1. The highest BCUT2D eigenvalue weighted by atomic mass is 35.5. The summed E-state index contributed by atoms with van der Waals surface area (Å²) in [5.74, 6) is 0.407. The molecule has 0 radical (unpaired) electrons. The molecule has 21 heavy (non-hydrogen) atoms. The van der Waals surface area contributed by atoms with E-state index in [2.05, 4.69) is 0 Å². The lowest BCUT2D eigenvalue weighted by Gasteiger charge is -2.02. The van der Waals surface area contributed by atoms with Crippen molar-refractivity contribution in [3.8, 4) is 11.1 Å². The quantitative estimate of drug-likeness (QED) is 0.575. The van der Waals surface area contributed by atoms with Gasteiger partial charge in [0, 0.05) is 11.8 Å². The Morgan fingerprint density at radius 1 is 1.10 bits per heavy atom. The molecule has 0 atom stereocenters. The number of hydrogen-bond acceptors (Lipinski definition) is 2. The molecule has 3 rings (SSSR count). The van der Waals surface area contributed by atoms with Crippen molar-refractivity contribution in [3.05, 3.63) is 59.3 Å². The molecule has 2 nitrogen and oxygen atoms in total. The molecule has 0 aliphatic carbocycles. The van der Waals surface area contributed by atoms with Crippen LogP contribution in [0.15, 0.2) is 52.9 Å². The summed E-state index contributed by atoms with van der Waals surface area (Å²) in [4.78, 5) is 11.9. The lowest BCUT2D eigenvalue weighted by Crippen LogP contribution is -1.94. The van der Waals surface area contributed by atoms with Gasteiger partial charge in [0.2, 0.25) is 0 Å². The van der Waals surface area contributed by atoms with Crippen molar-refractivity contribution < 1.29 is 9.21 Å². The monoisotopic (exact) mass is 298 g/mol. The first-order valence-electron chi connectivity index (χ1n) is 7.00. The zero-order chi connectivity index (χ0) is 14.8. The van der Waals surface area contributed by atoms with E-state index in [1.165, 1.54) is 0 Å². The van der Waals surface area contributed by atoms with Crippen molar-refractivity contribution in [1.82, 2.24) is 0 Å². The van der Waals surface area contributed by atoms with Crippen molar-refractivity contribution in [3.63, 3.8) is 0 Å². The standard InChI is InChI=1S/C18H15ClO2/c1-2-6-16(20)17-11-14-9-13(10-15(19)18(14)21-17)12-7-4-3-5-8-12/h3-5,7-11H,2,6H2,1H3. The summed E-state index contributed by atoms with van der Waals surface area (Å²) in [5.41, 5.74) is 2.68. The maximum absolute atomic E-state index is 11.9. The minimum Gasteiger partial charge on any atom is -0.451 e. The maximum atomic E-state index is 11.9. The van der Waals surface area contributed by atoms with Gasteiger partial charge in [-0.05, 0) is 35.7 Å². The zero-order valence-corrected chi connectivity index (χ0v) is 12.5. The lowest BCUT2D eigenvalue weighted by molar-refractivity contribution is 0.0957. The Morgan fingerprint density at radius 3 is 2.57 bits per heavy atom. The van der Waals surface area contributed by atoms with Crippen LogP contribution >= 0.6 is 11.6 Å². The first-order valence-corrected chi connectivity index (χ1v) is 7.38. The number of fused-ring (bicyclic) bond motifs is 1. The number of rotatable bonds is 4. The van der Waals surface area contributed by atoms with E-state index in [-0.39, 0.29) is 5.78 Å². The summed E-state index contributed by atoms with van der Waals surface area (Å²) in [5, 5.41) is 1.39. The molecule has 0 saturated heterocycles. The zero-order valence-electron chi connectivity index (χ0n) is 11.7. The van der Waals surface area contributed by atoms with Gasteiger partial charge in [0.1, 0.15) is 0 Å². The lowest BCUT2D eigenvalue weighted by atomic mass is 10.0. The molecule has 0 bridgehead atoms. The number of carbonyl (C=O) groups excluding carboxylic acids is 1. The summed E-state index contributed by atoms with van der Waals surface area (Å²) < 4.78 is 5.62. The van der Waals surface area contributed by atoms with Crippen molar-refractivity contribution in [1.29, 1.82) is 0 Å². The largest absolute Gasteiger partial charge is 0.451 e. The van der Waals surface area contributed by atoms with Gasteiger partial charge in [-0.25, -0.2) is 0 Å². The van der Waals surface area contributed by atoms with Crippen LogP contribution in [-0.2, 0) is 0 Å². The number of benzene rings is 2. The Morgan fingerprint density at radius 2 is 1.86 bits per heavy atom. The van der Waals surface area contributed by atoms with Gasteiger partial charge in [-0.15, -0.1) is 0 Å². The fourth-order valence-electron chi connectivity index (χ4n) is 2.40. The Balaban J connectivity index is 2.10. The van der Waals surface area contributed by atoms with Crippen LogP contribution in [0.4, 0.5) is 0 Å². The Labute approximate surface area is 128 Å². The van der Waals surface area contributed by atoms with E-state index in [1.54, 1.807) is 6.07 Å². The Bertz CT molecular complexity index is 788. The molecule has 0 N–H and O–H groups in total. The van der Waals surface area contributed by atoms with Crippen LogP contribution in [0.5, 0.6) is 0 Å². The molecule has 0 spiro atoms. The molecule has 0 saturated carbocycles. The van der Waals surface area contributed by atoms with Crippen LogP contribution in [0.1, 0.15) is 30.3 Å². The van der Waals surface area contributed by atoms with E-state index in [0.29, 0.717) is 22.8 Å². The average molecular weight is 299 g/mol. The fourth-order valence-corrected chi connectivity index (χ4v) is 2.66. The topological polar surface area (TPSA) is 30.2 Å². The third-order valence-corrected chi connectivity index (χ3v) is 3.71. The van der Waals surface area contributed by atoms with Crippen LogP contribution in [0.25, 0.3) is 22.1 Å². The second-order valence-electron chi connectivity index (χ2n) is 5.03. The van der Waals surface area contributed by atoms with E-state index < -0.39 is 0 Å². The molecule has 3 heteroatoms. The number of carbonyl (C=O) groups is 1. The second kappa shape index (κ2) is 5.74. The van der Waals surface area contributed by atoms with Crippen molar-refractivity contribution in [2.45, 2.75) is 19.8 Å². The van der Waals surface area contributed by atoms with E-state index in [4.69, 9.17) is 16.0 Å².